The van der Waals surface area contributed by atoms with E-state index in [4.69, 9.17) is 38.0 Å². The SMILES string of the molecule is COC(=O)CN1C(=S)N(c2ccc(Cl)cc2)C(=O)/C1=C/c1cc(Br)c(OCc2cccc3ccccc23)c(OC)c1. The molecule has 0 bridgehead atoms. The van der Waals surface area contributed by atoms with Gasteiger partial charge in [-0.15, -0.1) is 0 Å². The van der Waals surface area contributed by atoms with E-state index in [-0.39, 0.29) is 17.4 Å². The van der Waals surface area contributed by atoms with Crippen LogP contribution in [-0.2, 0) is 20.9 Å². The molecule has 41 heavy (non-hydrogen) atoms. The van der Waals surface area contributed by atoms with Crippen molar-refractivity contribution in [2.45, 2.75) is 6.61 Å². The molecule has 0 spiro atoms. The van der Waals surface area contributed by atoms with Crippen molar-refractivity contribution in [1.29, 1.82) is 0 Å². The zero-order valence-electron chi connectivity index (χ0n) is 22.1. The summed E-state index contributed by atoms with van der Waals surface area (Å²) in [6, 6.07) is 24.5. The number of halogens is 2. The highest BCUT2D eigenvalue weighted by Gasteiger charge is 2.40. The van der Waals surface area contributed by atoms with E-state index in [9.17, 15) is 9.59 Å². The van der Waals surface area contributed by atoms with E-state index in [1.165, 1.54) is 16.9 Å². The largest absolute Gasteiger partial charge is 0.493 e. The molecular weight excluding hydrogens is 628 g/mol. The lowest BCUT2D eigenvalue weighted by molar-refractivity contribution is -0.140. The van der Waals surface area contributed by atoms with Crippen molar-refractivity contribution in [3.63, 3.8) is 0 Å². The van der Waals surface area contributed by atoms with Crippen LogP contribution >= 0.6 is 39.7 Å². The van der Waals surface area contributed by atoms with E-state index in [1.807, 2.05) is 30.3 Å². The molecule has 5 rings (SSSR count). The Morgan fingerprint density at radius 3 is 2.49 bits per heavy atom. The topological polar surface area (TPSA) is 68.3 Å². The number of methoxy groups -OCH3 is 2. The maximum absolute atomic E-state index is 13.6. The van der Waals surface area contributed by atoms with Crippen LogP contribution < -0.4 is 14.4 Å². The lowest BCUT2D eigenvalue weighted by atomic mass is 10.1. The van der Waals surface area contributed by atoms with Gasteiger partial charge in [-0.2, -0.15) is 0 Å². The Labute approximate surface area is 256 Å². The number of amides is 1. The number of hydrogen-bond donors (Lipinski definition) is 0. The van der Waals surface area contributed by atoms with Crippen molar-refractivity contribution < 1.29 is 23.8 Å². The molecule has 10 heteroatoms. The van der Waals surface area contributed by atoms with Gasteiger partial charge < -0.3 is 19.1 Å². The maximum atomic E-state index is 13.6. The van der Waals surface area contributed by atoms with Crippen LogP contribution in [0.15, 0.2) is 89.0 Å². The first-order chi connectivity index (χ1) is 19.8. The highest BCUT2D eigenvalue weighted by atomic mass is 79.9. The first-order valence-corrected chi connectivity index (χ1v) is 14.1. The zero-order valence-corrected chi connectivity index (χ0v) is 25.3. The monoisotopic (exact) mass is 650 g/mol. The molecule has 1 fully saturated rings. The van der Waals surface area contributed by atoms with Crippen LogP contribution in [0.1, 0.15) is 11.1 Å². The summed E-state index contributed by atoms with van der Waals surface area (Å²) in [7, 11) is 2.83. The van der Waals surface area contributed by atoms with E-state index in [0.29, 0.717) is 38.9 Å². The number of ether oxygens (including phenoxy) is 3. The zero-order chi connectivity index (χ0) is 29.1. The Hall–Kier alpha value is -3.92. The van der Waals surface area contributed by atoms with Crippen molar-refractivity contribution in [3.05, 3.63) is 105 Å². The van der Waals surface area contributed by atoms with Gasteiger partial charge in [0.05, 0.1) is 24.4 Å². The van der Waals surface area contributed by atoms with E-state index in [0.717, 1.165) is 16.3 Å². The first kappa shape index (κ1) is 28.6. The summed E-state index contributed by atoms with van der Waals surface area (Å²) in [5.41, 5.74) is 2.40. The number of esters is 1. The van der Waals surface area contributed by atoms with Crippen molar-refractivity contribution in [2.24, 2.45) is 0 Å². The molecule has 0 unspecified atom stereocenters. The Kier molecular flexibility index (Phi) is 8.58. The van der Waals surface area contributed by atoms with Crippen molar-refractivity contribution in [1.82, 2.24) is 4.90 Å². The molecule has 4 aromatic carbocycles. The highest BCUT2D eigenvalue weighted by molar-refractivity contribution is 9.10. The second-order valence-corrected chi connectivity index (χ2v) is 10.7. The van der Waals surface area contributed by atoms with E-state index < -0.39 is 11.9 Å². The molecule has 1 aliphatic rings. The minimum Gasteiger partial charge on any atom is -0.493 e. The minimum atomic E-state index is -0.542. The van der Waals surface area contributed by atoms with Crippen molar-refractivity contribution >= 4 is 79.3 Å². The van der Waals surface area contributed by atoms with Crippen molar-refractivity contribution in [2.75, 3.05) is 25.7 Å². The van der Waals surface area contributed by atoms with Crippen LogP contribution in [0.25, 0.3) is 16.8 Å². The number of rotatable bonds is 8. The van der Waals surface area contributed by atoms with Gasteiger partial charge in [0.15, 0.2) is 16.6 Å². The number of carbonyl (C=O) groups excluding carboxylic acids is 2. The summed E-state index contributed by atoms with van der Waals surface area (Å²) in [5, 5.41) is 2.91. The van der Waals surface area contributed by atoms with Gasteiger partial charge >= 0.3 is 5.97 Å². The molecular formula is C31H24BrClN2O5S. The van der Waals surface area contributed by atoms with Gasteiger partial charge in [0.25, 0.3) is 5.91 Å². The lowest BCUT2D eigenvalue weighted by Crippen LogP contribution is -2.35. The molecule has 0 aromatic heterocycles. The van der Waals surface area contributed by atoms with Crippen LogP contribution in [0, 0.1) is 0 Å². The summed E-state index contributed by atoms with van der Waals surface area (Å²) in [4.78, 5) is 28.7. The Morgan fingerprint density at radius 2 is 1.76 bits per heavy atom. The minimum absolute atomic E-state index is 0.148. The van der Waals surface area contributed by atoms with Crippen LogP contribution in [-0.4, -0.2) is 42.7 Å². The smallest absolute Gasteiger partial charge is 0.325 e. The summed E-state index contributed by atoms with van der Waals surface area (Å²) in [5.74, 6) is 0.0474. The fourth-order valence-corrected chi connectivity index (χ4v) is 5.59. The molecule has 1 aliphatic heterocycles. The summed E-state index contributed by atoms with van der Waals surface area (Å²) >= 11 is 15.3. The summed E-state index contributed by atoms with van der Waals surface area (Å²) in [6.07, 6.45) is 1.65. The van der Waals surface area contributed by atoms with Gasteiger partial charge in [-0.25, -0.2) is 0 Å². The quantitative estimate of drug-likeness (QED) is 0.116. The number of hydrogen-bond acceptors (Lipinski definition) is 6. The Morgan fingerprint density at radius 1 is 1.02 bits per heavy atom. The third-order valence-electron chi connectivity index (χ3n) is 6.54. The van der Waals surface area contributed by atoms with Gasteiger partial charge in [-0.05, 0) is 92.5 Å². The molecule has 0 radical (unpaired) electrons. The lowest BCUT2D eigenvalue weighted by Gasteiger charge is -2.19. The molecule has 4 aromatic rings. The van der Waals surface area contributed by atoms with Crippen LogP contribution in [0.4, 0.5) is 5.69 Å². The second kappa shape index (κ2) is 12.3. The molecule has 0 atom stereocenters. The summed E-state index contributed by atoms with van der Waals surface area (Å²) < 4.78 is 17.4. The molecule has 1 heterocycles. The number of benzene rings is 4. The third kappa shape index (κ3) is 5.93. The third-order valence-corrected chi connectivity index (χ3v) is 7.79. The van der Waals surface area contributed by atoms with E-state index in [1.54, 1.807) is 43.5 Å². The predicted octanol–water partition coefficient (Wildman–Crippen LogP) is 6.99. The summed E-state index contributed by atoms with van der Waals surface area (Å²) in [6.45, 7) is 0.0913. The molecule has 208 valence electrons. The average molecular weight is 652 g/mol. The number of nitrogens with zero attached hydrogens (tertiary/aromatic N) is 2. The van der Waals surface area contributed by atoms with Gasteiger partial charge in [0.2, 0.25) is 0 Å². The average Bonchev–Trinajstić information content (AvgIpc) is 3.20. The van der Waals surface area contributed by atoms with Crippen LogP contribution in [0.3, 0.4) is 0 Å². The van der Waals surface area contributed by atoms with Crippen LogP contribution in [0.2, 0.25) is 5.02 Å². The van der Waals surface area contributed by atoms with E-state index in [2.05, 4.69) is 34.1 Å². The first-order valence-electron chi connectivity index (χ1n) is 12.5. The molecule has 0 saturated carbocycles. The van der Waals surface area contributed by atoms with Crippen LogP contribution in [0.5, 0.6) is 11.5 Å². The molecule has 0 N–H and O–H groups in total. The van der Waals surface area contributed by atoms with Gasteiger partial charge in [0, 0.05) is 5.02 Å². The molecule has 1 saturated heterocycles. The number of thiocarbonyl (C=S) groups is 1. The number of anilines is 1. The van der Waals surface area contributed by atoms with Gasteiger partial charge in [-0.1, -0.05) is 54.1 Å². The maximum Gasteiger partial charge on any atom is 0.325 e. The van der Waals surface area contributed by atoms with Gasteiger partial charge in [-0.3, -0.25) is 14.5 Å². The fourth-order valence-electron chi connectivity index (χ4n) is 4.53. The van der Waals surface area contributed by atoms with E-state index >= 15 is 0 Å². The molecule has 1 amide bonds. The number of carbonyl (C=O) groups is 2. The number of fused-ring (bicyclic) bond motifs is 1. The van der Waals surface area contributed by atoms with Crippen molar-refractivity contribution in [3.8, 4) is 11.5 Å². The predicted molar refractivity (Wildman–Crippen MR) is 167 cm³/mol. The highest BCUT2D eigenvalue weighted by Crippen LogP contribution is 2.39. The second-order valence-electron chi connectivity index (χ2n) is 9.05. The molecule has 7 nitrogen and oxygen atoms in total. The standard InChI is InChI=1S/C31H24BrClN2O5S/c1-38-27-16-19(14-25(32)29(27)40-18-21-8-5-7-20-6-3-4-9-24(20)21)15-26-30(37)35(23-12-10-22(33)11-13-23)31(41)34(26)17-28(36)39-2/h3-16H,17-18H2,1-2H3/b26-15-. The fraction of sp³-hybridized carbons (Fsp3) is 0.129. The Bertz CT molecular complexity index is 1690. The van der Waals surface area contributed by atoms with Gasteiger partial charge in [0.1, 0.15) is 18.8 Å². The normalized spacial score (nSPS) is 14.2. The Balaban J connectivity index is 1.48. The molecule has 0 aliphatic carbocycles.